The number of nitrogens with zero attached hydrogens (tertiary/aromatic N) is 1. The SMILES string of the molecule is O=C(O)c1ccccc1Nc1cccc(Cl)c1-c1ccc2[nH]ncc2c1. The maximum absolute atomic E-state index is 11.5. The van der Waals surface area contributed by atoms with Crippen molar-refractivity contribution >= 4 is 39.8 Å². The first-order chi connectivity index (χ1) is 12.6. The summed E-state index contributed by atoms with van der Waals surface area (Å²) < 4.78 is 0. The summed E-state index contributed by atoms with van der Waals surface area (Å²) in [6, 6.07) is 18.2. The third kappa shape index (κ3) is 2.89. The molecule has 6 heteroatoms. The van der Waals surface area contributed by atoms with Gasteiger partial charge in [-0.05, 0) is 42.0 Å². The number of rotatable bonds is 4. The van der Waals surface area contributed by atoms with Gasteiger partial charge in [-0.2, -0.15) is 5.10 Å². The Balaban J connectivity index is 1.83. The molecule has 0 saturated carbocycles. The number of benzene rings is 3. The lowest BCUT2D eigenvalue weighted by molar-refractivity contribution is 0.0698. The molecule has 4 rings (SSSR count). The van der Waals surface area contributed by atoms with Crippen LogP contribution in [0.5, 0.6) is 0 Å². The van der Waals surface area contributed by atoms with Crippen LogP contribution in [0.25, 0.3) is 22.0 Å². The fourth-order valence-electron chi connectivity index (χ4n) is 2.94. The van der Waals surface area contributed by atoms with Gasteiger partial charge in [-0.15, -0.1) is 0 Å². The van der Waals surface area contributed by atoms with Crippen molar-refractivity contribution in [3.63, 3.8) is 0 Å². The van der Waals surface area contributed by atoms with Crippen molar-refractivity contribution in [1.29, 1.82) is 0 Å². The Bertz CT molecular complexity index is 1120. The Kier molecular flexibility index (Phi) is 4.07. The number of fused-ring (bicyclic) bond motifs is 1. The summed E-state index contributed by atoms with van der Waals surface area (Å²) >= 11 is 6.48. The van der Waals surface area contributed by atoms with Crippen molar-refractivity contribution in [2.24, 2.45) is 0 Å². The van der Waals surface area contributed by atoms with Crippen molar-refractivity contribution in [2.45, 2.75) is 0 Å². The molecule has 0 fully saturated rings. The molecule has 26 heavy (non-hydrogen) atoms. The minimum absolute atomic E-state index is 0.198. The molecule has 0 radical (unpaired) electrons. The van der Waals surface area contributed by atoms with E-state index in [-0.39, 0.29) is 5.56 Å². The number of aromatic nitrogens is 2. The minimum Gasteiger partial charge on any atom is -0.478 e. The highest BCUT2D eigenvalue weighted by atomic mass is 35.5. The highest BCUT2D eigenvalue weighted by molar-refractivity contribution is 6.34. The molecule has 1 heterocycles. The van der Waals surface area contributed by atoms with Crippen LogP contribution >= 0.6 is 11.6 Å². The minimum atomic E-state index is -0.989. The molecule has 0 spiro atoms. The van der Waals surface area contributed by atoms with Gasteiger partial charge >= 0.3 is 5.97 Å². The van der Waals surface area contributed by atoms with Gasteiger partial charge < -0.3 is 10.4 Å². The van der Waals surface area contributed by atoms with Gasteiger partial charge in [0, 0.05) is 16.6 Å². The molecule has 0 bridgehead atoms. The van der Waals surface area contributed by atoms with Gasteiger partial charge in [0.15, 0.2) is 0 Å². The highest BCUT2D eigenvalue weighted by Crippen LogP contribution is 2.38. The first kappa shape index (κ1) is 16.2. The number of para-hydroxylation sites is 1. The largest absolute Gasteiger partial charge is 0.478 e. The van der Waals surface area contributed by atoms with Gasteiger partial charge in [0.1, 0.15) is 0 Å². The smallest absolute Gasteiger partial charge is 0.337 e. The van der Waals surface area contributed by atoms with Crippen LogP contribution in [0.4, 0.5) is 11.4 Å². The Hall–Kier alpha value is -3.31. The summed E-state index contributed by atoms with van der Waals surface area (Å²) in [5, 5.41) is 21.1. The molecule has 128 valence electrons. The number of carboxylic acids is 1. The third-order valence-electron chi connectivity index (χ3n) is 4.17. The van der Waals surface area contributed by atoms with Gasteiger partial charge in [0.2, 0.25) is 0 Å². The van der Waals surface area contributed by atoms with E-state index >= 15 is 0 Å². The number of hydrogen-bond acceptors (Lipinski definition) is 3. The second-order valence-electron chi connectivity index (χ2n) is 5.81. The molecule has 4 aromatic rings. The van der Waals surface area contributed by atoms with Crippen LogP contribution in [0, 0.1) is 0 Å². The molecule has 3 N–H and O–H groups in total. The lowest BCUT2D eigenvalue weighted by Gasteiger charge is -2.15. The van der Waals surface area contributed by atoms with E-state index in [0.717, 1.165) is 27.7 Å². The molecule has 0 aliphatic heterocycles. The standard InChI is InChI=1S/C20H14ClN3O2/c21-15-5-3-7-18(23-17-6-2-1-4-14(17)20(25)26)19(15)12-8-9-16-13(10-12)11-22-24-16/h1-11,23H,(H,22,24)(H,25,26). The van der Waals surface area contributed by atoms with E-state index in [0.29, 0.717) is 10.7 Å². The molecule has 0 aliphatic rings. The lowest BCUT2D eigenvalue weighted by atomic mass is 10.0. The second kappa shape index (κ2) is 6.54. The molecule has 0 amide bonds. The van der Waals surface area contributed by atoms with Crippen molar-refractivity contribution in [3.05, 3.63) is 77.4 Å². The van der Waals surface area contributed by atoms with Crippen LogP contribution in [0.3, 0.4) is 0 Å². The molecule has 3 aromatic carbocycles. The van der Waals surface area contributed by atoms with Crippen LogP contribution in [-0.2, 0) is 0 Å². The zero-order valence-electron chi connectivity index (χ0n) is 13.5. The Labute approximate surface area is 154 Å². The Morgan fingerprint density at radius 2 is 1.85 bits per heavy atom. The molecule has 5 nitrogen and oxygen atoms in total. The summed E-state index contributed by atoms with van der Waals surface area (Å²) in [5.41, 5.74) is 4.09. The quantitative estimate of drug-likeness (QED) is 0.458. The second-order valence-corrected chi connectivity index (χ2v) is 6.22. The average Bonchev–Trinajstić information content (AvgIpc) is 3.10. The predicted molar refractivity (Wildman–Crippen MR) is 103 cm³/mol. The molecular weight excluding hydrogens is 350 g/mol. The van der Waals surface area contributed by atoms with Crippen molar-refractivity contribution in [2.75, 3.05) is 5.32 Å². The number of halogens is 1. The number of H-pyrrole nitrogens is 1. The van der Waals surface area contributed by atoms with Crippen molar-refractivity contribution in [1.82, 2.24) is 10.2 Å². The van der Waals surface area contributed by atoms with E-state index in [1.165, 1.54) is 0 Å². The van der Waals surface area contributed by atoms with Crippen LogP contribution in [0.15, 0.2) is 66.9 Å². The normalized spacial score (nSPS) is 10.8. The number of nitrogens with one attached hydrogen (secondary N) is 2. The molecule has 0 saturated heterocycles. The summed E-state index contributed by atoms with van der Waals surface area (Å²) in [6.07, 6.45) is 1.75. The summed E-state index contributed by atoms with van der Waals surface area (Å²) in [5.74, 6) is -0.989. The zero-order chi connectivity index (χ0) is 18.1. The number of hydrogen-bond donors (Lipinski definition) is 3. The monoisotopic (exact) mass is 363 g/mol. The first-order valence-corrected chi connectivity index (χ1v) is 8.32. The molecule has 0 unspecified atom stereocenters. The third-order valence-corrected chi connectivity index (χ3v) is 4.48. The van der Waals surface area contributed by atoms with Crippen molar-refractivity contribution < 1.29 is 9.90 Å². The summed E-state index contributed by atoms with van der Waals surface area (Å²) in [7, 11) is 0. The maximum Gasteiger partial charge on any atom is 0.337 e. The van der Waals surface area contributed by atoms with E-state index in [2.05, 4.69) is 15.5 Å². The van der Waals surface area contributed by atoms with E-state index in [1.54, 1.807) is 30.5 Å². The summed E-state index contributed by atoms with van der Waals surface area (Å²) in [6.45, 7) is 0. The maximum atomic E-state index is 11.5. The van der Waals surface area contributed by atoms with Crippen LogP contribution in [0.2, 0.25) is 5.02 Å². The van der Waals surface area contributed by atoms with Crippen LogP contribution in [-0.4, -0.2) is 21.3 Å². The first-order valence-electron chi connectivity index (χ1n) is 7.95. The van der Waals surface area contributed by atoms with E-state index < -0.39 is 5.97 Å². The van der Waals surface area contributed by atoms with E-state index in [9.17, 15) is 9.90 Å². The number of anilines is 2. The van der Waals surface area contributed by atoms with Gasteiger partial charge in [0.25, 0.3) is 0 Å². The number of aromatic amines is 1. The molecule has 0 atom stereocenters. The zero-order valence-corrected chi connectivity index (χ0v) is 14.3. The van der Waals surface area contributed by atoms with Gasteiger partial charge in [-0.3, -0.25) is 5.10 Å². The highest BCUT2D eigenvalue weighted by Gasteiger charge is 2.14. The lowest BCUT2D eigenvalue weighted by Crippen LogP contribution is -2.03. The fourth-order valence-corrected chi connectivity index (χ4v) is 3.23. The predicted octanol–water partition coefficient (Wildman–Crippen LogP) is 5.33. The molecular formula is C20H14ClN3O2. The number of carboxylic acid groups (broad SMARTS) is 1. The van der Waals surface area contributed by atoms with Crippen molar-refractivity contribution in [3.8, 4) is 11.1 Å². The molecule has 1 aromatic heterocycles. The Morgan fingerprint density at radius 3 is 2.69 bits per heavy atom. The number of carbonyl (C=O) groups is 1. The van der Waals surface area contributed by atoms with Crippen LogP contribution < -0.4 is 5.32 Å². The Morgan fingerprint density at radius 1 is 1.04 bits per heavy atom. The molecule has 0 aliphatic carbocycles. The van der Waals surface area contributed by atoms with Crippen LogP contribution in [0.1, 0.15) is 10.4 Å². The van der Waals surface area contributed by atoms with Gasteiger partial charge in [-0.1, -0.05) is 35.9 Å². The van der Waals surface area contributed by atoms with E-state index in [1.807, 2.05) is 36.4 Å². The van der Waals surface area contributed by atoms with Gasteiger partial charge in [-0.25, -0.2) is 4.79 Å². The fraction of sp³-hybridized carbons (Fsp3) is 0. The topological polar surface area (TPSA) is 78.0 Å². The summed E-state index contributed by atoms with van der Waals surface area (Å²) in [4.78, 5) is 11.5. The average molecular weight is 364 g/mol. The van der Waals surface area contributed by atoms with Gasteiger partial charge in [0.05, 0.1) is 28.0 Å². The number of aromatic carboxylic acids is 1. The van der Waals surface area contributed by atoms with E-state index in [4.69, 9.17) is 11.6 Å².